The molecule has 0 saturated carbocycles. The van der Waals surface area contributed by atoms with Gasteiger partial charge < -0.3 is 0 Å². The normalized spacial score (nSPS) is 11.4. The van der Waals surface area contributed by atoms with E-state index in [2.05, 4.69) is 4.98 Å². The first-order valence-electron chi connectivity index (χ1n) is 7.81. The van der Waals surface area contributed by atoms with Gasteiger partial charge in [-0.2, -0.15) is 13.2 Å². The Kier molecular flexibility index (Phi) is 5.08. The first-order valence-corrected chi connectivity index (χ1v) is 8.69. The molecule has 0 aliphatic heterocycles. The number of alkyl halides is 3. The summed E-state index contributed by atoms with van der Waals surface area (Å²) in [5.74, 6) is -0.343. The molecular weight excluding hydrogens is 361 g/mol. The van der Waals surface area contributed by atoms with Crippen molar-refractivity contribution in [2.75, 3.05) is 4.90 Å². The largest absolute Gasteiger partial charge is 0.416 e. The molecule has 0 radical (unpaired) electrons. The molecule has 0 unspecified atom stereocenters. The molecule has 3 rings (SSSR count). The average Bonchev–Trinajstić information content (AvgIpc) is 3.01. The van der Waals surface area contributed by atoms with Gasteiger partial charge in [0.25, 0.3) is 0 Å². The predicted octanol–water partition coefficient (Wildman–Crippen LogP) is 5.38. The molecule has 1 amide bonds. The molecule has 0 aliphatic rings. The molecule has 26 heavy (non-hydrogen) atoms. The Balaban J connectivity index is 1.92. The number of halogens is 3. The Labute approximate surface area is 152 Å². The van der Waals surface area contributed by atoms with Gasteiger partial charge in [0.05, 0.1) is 23.4 Å². The van der Waals surface area contributed by atoms with Crippen molar-refractivity contribution >= 4 is 28.1 Å². The summed E-state index contributed by atoms with van der Waals surface area (Å²) in [6.07, 6.45) is -4.60. The minimum absolute atomic E-state index is 0.155. The predicted molar refractivity (Wildman–Crippen MR) is 95.6 cm³/mol. The highest BCUT2D eigenvalue weighted by Gasteiger charge is 2.30. The molecular formula is C19H15F3N2OS. The Hall–Kier alpha value is -2.67. The molecule has 0 N–H and O–H groups in total. The van der Waals surface area contributed by atoms with Gasteiger partial charge in [-0.25, -0.2) is 4.98 Å². The molecule has 134 valence electrons. The van der Waals surface area contributed by atoms with Crippen molar-refractivity contribution in [1.82, 2.24) is 4.98 Å². The summed E-state index contributed by atoms with van der Waals surface area (Å²) in [5, 5.41) is 2.31. The van der Waals surface area contributed by atoms with Crippen LogP contribution in [0.2, 0.25) is 0 Å². The highest BCUT2D eigenvalue weighted by atomic mass is 32.1. The van der Waals surface area contributed by atoms with Gasteiger partial charge in [0, 0.05) is 5.38 Å². The zero-order valence-corrected chi connectivity index (χ0v) is 14.6. The Morgan fingerprint density at radius 2 is 1.85 bits per heavy atom. The van der Waals surface area contributed by atoms with E-state index in [-0.39, 0.29) is 12.3 Å². The van der Waals surface area contributed by atoms with Crippen molar-refractivity contribution in [3.63, 3.8) is 0 Å². The number of rotatable bonds is 4. The summed E-state index contributed by atoms with van der Waals surface area (Å²) in [6, 6.07) is 13.8. The monoisotopic (exact) mass is 376 g/mol. The van der Waals surface area contributed by atoms with Crippen LogP contribution in [-0.4, -0.2) is 10.9 Å². The van der Waals surface area contributed by atoms with E-state index >= 15 is 0 Å². The number of amides is 1. The quantitative estimate of drug-likeness (QED) is 0.613. The van der Waals surface area contributed by atoms with Crippen molar-refractivity contribution in [1.29, 1.82) is 0 Å². The number of aromatic nitrogens is 1. The zero-order chi connectivity index (χ0) is 18.7. The fourth-order valence-corrected chi connectivity index (χ4v) is 3.33. The van der Waals surface area contributed by atoms with Crippen LogP contribution < -0.4 is 4.90 Å². The second-order valence-electron chi connectivity index (χ2n) is 5.71. The number of hydrogen-bond acceptors (Lipinski definition) is 3. The van der Waals surface area contributed by atoms with Gasteiger partial charge in [0.2, 0.25) is 5.91 Å². The second kappa shape index (κ2) is 7.29. The third-order valence-electron chi connectivity index (χ3n) is 3.67. The Bertz CT molecular complexity index is 906. The Morgan fingerprint density at radius 3 is 2.46 bits per heavy atom. The van der Waals surface area contributed by atoms with Crippen LogP contribution in [0, 0.1) is 6.92 Å². The highest BCUT2D eigenvalue weighted by Crippen LogP contribution is 2.31. The lowest BCUT2D eigenvalue weighted by Gasteiger charge is -2.20. The number of aryl methyl sites for hydroxylation is 1. The molecule has 0 atom stereocenters. The van der Waals surface area contributed by atoms with Gasteiger partial charge in [-0.1, -0.05) is 36.4 Å². The smallest absolute Gasteiger partial charge is 0.274 e. The van der Waals surface area contributed by atoms with E-state index in [4.69, 9.17) is 0 Å². The van der Waals surface area contributed by atoms with Crippen LogP contribution in [0.3, 0.4) is 0 Å². The summed E-state index contributed by atoms with van der Waals surface area (Å²) in [5.41, 5.74) is 0.940. The summed E-state index contributed by atoms with van der Waals surface area (Å²) in [6.45, 7) is 1.82. The third kappa shape index (κ3) is 4.11. The van der Waals surface area contributed by atoms with Gasteiger partial charge in [-0.05, 0) is 30.7 Å². The topological polar surface area (TPSA) is 33.2 Å². The number of hydrogen-bond donors (Lipinski definition) is 0. The van der Waals surface area contributed by atoms with E-state index in [9.17, 15) is 18.0 Å². The number of carbonyl (C=O) groups excluding carboxylic acids is 1. The number of carbonyl (C=O) groups is 1. The molecule has 3 aromatic rings. The second-order valence-corrected chi connectivity index (χ2v) is 6.55. The van der Waals surface area contributed by atoms with Gasteiger partial charge in [-0.15, -0.1) is 11.3 Å². The Morgan fingerprint density at radius 1 is 1.12 bits per heavy atom. The molecule has 0 saturated heterocycles. The maximum Gasteiger partial charge on any atom is 0.416 e. The molecule has 0 fully saturated rings. The van der Waals surface area contributed by atoms with Crippen molar-refractivity contribution in [2.45, 2.75) is 19.5 Å². The summed E-state index contributed by atoms with van der Waals surface area (Å²) in [7, 11) is 0. The van der Waals surface area contributed by atoms with Gasteiger partial charge in [-0.3, -0.25) is 9.69 Å². The SMILES string of the molecule is Cc1csc(N(C(=O)Cc2cccc(C(F)(F)F)c2)c2ccccc2)n1. The lowest BCUT2D eigenvalue weighted by atomic mass is 10.1. The lowest BCUT2D eigenvalue weighted by Crippen LogP contribution is -2.27. The molecule has 2 aromatic carbocycles. The molecule has 1 aromatic heterocycles. The van der Waals surface area contributed by atoms with Crippen molar-refractivity contribution in [2.24, 2.45) is 0 Å². The van der Waals surface area contributed by atoms with Gasteiger partial charge >= 0.3 is 6.18 Å². The van der Waals surface area contributed by atoms with Crippen LogP contribution in [0.5, 0.6) is 0 Å². The lowest BCUT2D eigenvalue weighted by molar-refractivity contribution is -0.137. The number of thiazole rings is 1. The molecule has 0 aliphatic carbocycles. The van der Waals surface area contributed by atoms with Crippen LogP contribution in [0.1, 0.15) is 16.8 Å². The van der Waals surface area contributed by atoms with Crippen molar-refractivity contribution < 1.29 is 18.0 Å². The summed E-state index contributed by atoms with van der Waals surface area (Å²) in [4.78, 5) is 18.7. The third-order valence-corrected chi connectivity index (χ3v) is 4.62. The van der Waals surface area contributed by atoms with Crippen LogP contribution >= 0.6 is 11.3 Å². The highest BCUT2D eigenvalue weighted by molar-refractivity contribution is 7.14. The van der Waals surface area contributed by atoms with E-state index in [0.717, 1.165) is 17.8 Å². The van der Waals surface area contributed by atoms with E-state index in [1.165, 1.54) is 28.4 Å². The van der Waals surface area contributed by atoms with E-state index < -0.39 is 11.7 Å². The van der Waals surface area contributed by atoms with Gasteiger partial charge in [0.1, 0.15) is 0 Å². The molecule has 0 bridgehead atoms. The number of anilines is 2. The van der Waals surface area contributed by atoms with Crippen LogP contribution in [-0.2, 0) is 17.4 Å². The maximum absolute atomic E-state index is 12.9. The minimum atomic E-state index is -4.44. The molecule has 1 heterocycles. The van der Waals surface area contributed by atoms with E-state index in [1.807, 2.05) is 18.4 Å². The van der Waals surface area contributed by atoms with Crippen LogP contribution in [0.25, 0.3) is 0 Å². The zero-order valence-electron chi connectivity index (χ0n) is 13.8. The van der Waals surface area contributed by atoms with Crippen LogP contribution in [0.15, 0.2) is 60.0 Å². The first-order chi connectivity index (χ1) is 12.3. The summed E-state index contributed by atoms with van der Waals surface area (Å²) < 4.78 is 38.7. The van der Waals surface area contributed by atoms with E-state index in [0.29, 0.717) is 16.4 Å². The summed E-state index contributed by atoms with van der Waals surface area (Å²) >= 11 is 1.31. The minimum Gasteiger partial charge on any atom is -0.274 e. The van der Waals surface area contributed by atoms with Gasteiger partial charge in [0.15, 0.2) is 5.13 Å². The number of nitrogens with zero attached hydrogens (tertiary/aromatic N) is 2. The maximum atomic E-state index is 12.9. The fourth-order valence-electron chi connectivity index (χ4n) is 2.49. The van der Waals surface area contributed by atoms with Crippen molar-refractivity contribution in [3.8, 4) is 0 Å². The standard InChI is InChI=1S/C19H15F3N2OS/c1-13-12-26-18(23-13)24(16-8-3-2-4-9-16)17(25)11-14-6-5-7-15(10-14)19(20,21)22/h2-10,12H,11H2,1H3. The molecule has 3 nitrogen and oxygen atoms in total. The average molecular weight is 376 g/mol. The molecule has 0 spiro atoms. The van der Waals surface area contributed by atoms with E-state index in [1.54, 1.807) is 24.3 Å². The number of para-hydroxylation sites is 1. The van der Waals surface area contributed by atoms with Crippen molar-refractivity contribution in [3.05, 3.63) is 76.8 Å². The first kappa shape index (κ1) is 18.1. The fraction of sp³-hybridized carbons (Fsp3) is 0.158. The number of benzene rings is 2. The van der Waals surface area contributed by atoms with Crippen LogP contribution in [0.4, 0.5) is 24.0 Å². The molecule has 7 heteroatoms.